The molecule has 1 unspecified atom stereocenters. The first-order valence-electron chi connectivity index (χ1n) is 6.69. The van der Waals surface area contributed by atoms with Gasteiger partial charge in [-0.1, -0.05) is 13.3 Å². The van der Waals surface area contributed by atoms with Crippen molar-refractivity contribution in [1.29, 1.82) is 0 Å². The van der Waals surface area contributed by atoms with Crippen LogP contribution in [0.3, 0.4) is 0 Å². The van der Waals surface area contributed by atoms with Gasteiger partial charge < -0.3 is 10.2 Å². The molecule has 1 aliphatic heterocycles. The van der Waals surface area contributed by atoms with E-state index in [-0.39, 0.29) is 0 Å². The number of hydrogen-bond acceptors (Lipinski definition) is 3. The number of thiophene rings is 1. The summed E-state index contributed by atoms with van der Waals surface area (Å²) >= 11 is 1.79. The lowest BCUT2D eigenvalue weighted by Crippen LogP contribution is -2.48. The molecule has 0 bridgehead atoms. The lowest BCUT2D eigenvalue weighted by atomic mass is 9.91. The van der Waals surface area contributed by atoms with Crippen LogP contribution in [0.1, 0.15) is 38.2 Å². The normalized spacial score (nSPS) is 24.6. The second-order valence-electron chi connectivity index (χ2n) is 5.36. The summed E-state index contributed by atoms with van der Waals surface area (Å²) in [6, 6.07) is 2.23. The standard InChI is InChI=1S/C14H24N2S/c1-3-6-14(7-4-8-15-14)12-16(2)10-13-5-9-17-11-13/h5,9,11,15H,3-4,6-8,10,12H2,1-2H3. The summed E-state index contributed by atoms with van der Waals surface area (Å²) in [6.07, 6.45) is 5.27. The van der Waals surface area contributed by atoms with Crippen LogP contribution in [0, 0.1) is 0 Å². The van der Waals surface area contributed by atoms with Crippen molar-refractivity contribution >= 4 is 11.3 Å². The number of nitrogens with zero attached hydrogens (tertiary/aromatic N) is 1. The van der Waals surface area contributed by atoms with Crippen LogP contribution in [0.15, 0.2) is 16.8 Å². The average molecular weight is 252 g/mol. The summed E-state index contributed by atoms with van der Waals surface area (Å²) in [5, 5.41) is 8.16. The van der Waals surface area contributed by atoms with Gasteiger partial charge in [0.2, 0.25) is 0 Å². The monoisotopic (exact) mass is 252 g/mol. The Morgan fingerprint density at radius 2 is 2.41 bits per heavy atom. The lowest BCUT2D eigenvalue weighted by Gasteiger charge is -2.34. The summed E-state index contributed by atoms with van der Waals surface area (Å²) in [6.45, 7) is 5.75. The summed E-state index contributed by atoms with van der Waals surface area (Å²) in [4.78, 5) is 2.47. The molecule has 1 saturated heterocycles. The number of likely N-dealkylation sites (N-methyl/N-ethyl adjacent to an activating group) is 1. The minimum Gasteiger partial charge on any atom is -0.310 e. The summed E-state index contributed by atoms with van der Waals surface area (Å²) in [5.41, 5.74) is 1.83. The molecule has 17 heavy (non-hydrogen) atoms. The fraction of sp³-hybridized carbons (Fsp3) is 0.714. The molecule has 1 aromatic rings. The Bertz CT molecular complexity index is 315. The zero-order chi connectivity index (χ0) is 12.1. The molecule has 0 aromatic carbocycles. The van der Waals surface area contributed by atoms with Crippen LogP contribution in [-0.4, -0.2) is 30.6 Å². The fourth-order valence-electron chi connectivity index (χ4n) is 3.04. The maximum Gasteiger partial charge on any atom is 0.0309 e. The van der Waals surface area contributed by atoms with Crippen molar-refractivity contribution in [2.45, 2.75) is 44.7 Å². The van der Waals surface area contributed by atoms with Crippen LogP contribution in [-0.2, 0) is 6.54 Å². The van der Waals surface area contributed by atoms with E-state index in [1.165, 1.54) is 44.3 Å². The molecule has 1 aromatic heterocycles. The van der Waals surface area contributed by atoms with Gasteiger partial charge >= 0.3 is 0 Å². The molecule has 0 radical (unpaired) electrons. The van der Waals surface area contributed by atoms with Gasteiger partial charge in [-0.15, -0.1) is 0 Å². The van der Waals surface area contributed by atoms with E-state index in [1.54, 1.807) is 11.3 Å². The van der Waals surface area contributed by atoms with E-state index in [0.717, 1.165) is 6.54 Å². The Labute approximate surface area is 109 Å². The number of hydrogen-bond donors (Lipinski definition) is 1. The summed E-state index contributed by atoms with van der Waals surface area (Å²) in [5.74, 6) is 0. The summed E-state index contributed by atoms with van der Waals surface area (Å²) < 4.78 is 0. The average Bonchev–Trinajstić information content (AvgIpc) is 2.90. The predicted molar refractivity (Wildman–Crippen MR) is 75.5 cm³/mol. The first kappa shape index (κ1) is 13.1. The van der Waals surface area contributed by atoms with E-state index in [0.29, 0.717) is 5.54 Å². The van der Waals surface area contributed by atoms with Gasteiger partial charge in [0.15, 0.2) is 0 Å². The molecule has 3 heteroatoms. The Morgan fingerprint density at radius 3 is 3.00 bits per heavy atom. The number of rotatable bonds is 6. The van der Waals surface area contributed by atoms with Crippen LogP contribution in [0.5, 0.6) is 0 Å². The highest BCUT2D eigenvalue weighted by Gasteiger charge is 2.33. The molecule has 2 nitrogen and oxygen atoms in total. The van der Waals surface area contributed by atoms with Crippen molar-refractivity contribution in [3.05, 3.63) is 22.4 Å². The highest BCUT2D eigenvalue weighted by atomic mass is 32.1. The molecule has 96 valence electrons. The summed E-state index contributed by atoms with van der Waals surface area (Å²) in [7, 11) is 2.25. The van der Waals surface area contributed by atoms with E-state index in [9.17, 15) is 0 Å². The van der Waals surface area contributed by atoms with Gasteiger partial charge in [0.1, 0.15) is 0 Å². The van der Waals surface area contributed by atoms with Crippen molar-refractivity contribution in [1.82, 2.24) is 10.2 Å². The zero-order valence-corrected chi connectivity index (χ0v) is 11.9. The fourth-order valence-corrected chi connectivity index (χ4v) is 3.70. The van der Waals surface area contributed by atoms with Crippen LogP contribution in [0.2, 0.25) is 0 Å². The SMILES string of the molecule is CCCC1(CN(C)Cc2ccsc2)CCCN1. The molecular formula is C14H24N2S. The van der Waals surface area contributed by atoms with Crippen molar-refractivity contribution in [2.75, 3.05) is 20.1 Å². The maximum absolute atomic E-state index is 3.74. The first-order valence-corrected chi connectivity index (χ1v) is 7.63. The minimum absolute atomic E-state index is 0.388. The van der Waals surface area contributed by atoms with Gasteiger partial charge in [-0.25, -0.2) is 0 Å². The van der Waals surface area contributed by atoms with E-state index in [2.05, 4.69) is 41.0 Å². The number of nitrogens with one attached hydrogen (secondary N) is 1. The zero-order valence-electron chi connectivity index (χ0n) is 11.0. The van der Waals surface area contributed by atoms with E-state index in [4.69, 9.17) is 0 Å². The van der Waals surface area contributed by atoms with Crippen molar-refractivity contribution in [3.63, 3.8) is 0 Å². The molecule has 1 N–H and O–H groups in total. The van der Waals surface area contributed by atoms with Crippen LogP contribution >= 0.6 is 11.3 Å². The smallest absolute Gasteiger partial charge is 0.0309 e. The quantitative estimate of drug-likeness (QED) is 0.837. The van der Waals surface area contributed by atoms with Crippen LogP contribution < -0.4 is 5.32 Å². The predicted octanol–water partition coefficient (Wildman–Crippen LogP) is 3.10. The van der Waals surface area contributed by atoms with Crippen molar-refractivity contribution < 1.29 is 0 Å². The third-order valence-electron chi connectivity index (χ3n) is 3.67. The van der Waals surface area contributed by atoms with E-state index < -0.39 is 0 Å². The molecule has 1 aliphatic rings. The Morgan fingerprint density at radius 1 is 1.53 bits per heavy atom. The molecule has 1 fully saturated rings. The Kier molecular flexibility index (Phi) is 4.60. The second-order valence-corrected chi connectivity index (χ2v) is 6.14. The van der Waals surface area contributed by atoms with E-state index in [1.807, 2.05) is 0 Å². The topological polar surface area (TPSA) is 15.3 Å². The Balaban J connectivity index is 1.89. The highest BCUT2D eigenvalue weighted by Crippen LogP contribution is 2.26. The third kappa shape index (κ3) is 3.54. The van der Waals surface area contributed by atoms with Gasteiger partial charge in [0, 0.05) is 18.6 Å². The highest BCUT2D eigenvalue weighted by molar-refractivity contribution is 7.07. The van der Waals surface area contributed by atoms with Gasteiger partial charge in [-0.2, -0.15) is 11.3 Å². The largest absolute Gasteiger partial charge is 0.310 e. The lowest BCUT2D eigenvalue weighted by molar-refractivity contribution is 0.208. The van der Waals surface area contributed by atoms with Gasteiger partial charge in [-0.3, -0.25) is 0 Å². The van der Waals surface area contributed by atoms with E-state index >= 15 is 0 Å². The molecule has 0 spiro atoms. The molecule has 1 atom stereocenters. The Hall–Kier alpha value is -0.380. The molecule has 0 aliphatic carbocycles. The van der Waals surface area contributed by atoms with Crippen LogP contribution in [0.25, 0.3) is 0 Å². The third-order valence-corrected chi connectivity index (χ3v) is 4.40. The van der Waals surface area contributed by atoms with Crippen molar-refractivity contribution in [2.24, 2.45) is 0 Å². The molecule has 2 heterocycles. The molecule has 0 saturated carbocycles. The molecular weight excluding hydrogens is 228 g/mol. The maximum atomic E-state index is 3.74. The molecule has 0 amide bonds. The molecule has 2 rings (SSSR count). The van der Waals surface area contributed by atoms with Crippen molar-refractivity contribution in [3.8, 4) is 0 Å². The van der Waals surface area contributed by atoms with Crippen LogP contribution in [0.4, 0.5) is 0 Å². The van der Waals surface area contributed by atoms with Gasteiger partial charge in [-0.05, 0) is 55.2 Å². The van der Waals surface area contributed by atoms with Gasteiger partial charge in [0.05, 0.1) is 0 Å². The minimum atomic E-state index is 0.388. The van der Waals surface area contributed by atoms with Gasteiger partial charge in [0.25, 0.3) is 0 Å². The second kappa shape index (κ2) is 5.98. The first-order chi connectivity index (χ1) is 8.24.